The average molecular weight is 494 g/mol. The van der Waals surface area contributed by atoms with Crippen molar-refractivity contribution in [2.45, 2.75) is 0 Å². The molecule has 0 atom stereocenters. The van der Waals surface area contributed by atoms with Crippen LogP contribution in [0.5, 0.6) is 5.75 Å². The normalized spacial score (nSPS) is 16.8. The molecule has 2 aromatic rings. The predicted octanol–water partition coefficient (Wildman–Crippen LogP) is 5.67. The highest BCUT2D eigenvalue weighted by Gasteiger charge is 2.23. The van der Waals surface area contributed by atoms with E-state index in [2.05, 4.69) is 48.7 Å². The number of rotatable bonds is 5. The maximum Gasteiger partial charge on any atom is 0.264 e. The summed E-state index contributed by atoms with van der Waals surface area (Å²) in [5.74, 6) is 0.569. The molecule has 1 aliphatic rings. The van der Waals surface area contributed by atoms with Crippen LogP contribution >= 0.6 is 43.6 Å². The van der Waals surface area contributed by atoms with Crippen LogP contribution < -0.4 is 10.1 Å². The molecule has 26 heavy (non-hydrogen) atoms. The molecule has 0 saturated carbocycles. The lowest BCUT2D eigenvalue weighted by atomic mass is 10.2. The molecule has 1 N–H and O–H groups in total. The van der Waals surface area contributed by atoms with Crippen LogP contribution in [0.15, 0.2) is 74.0 Å². The smallest absolute Gasteiger partial charge is 0.264 e. The Morgan fingerprint density at radius 1 is 1.23 bits per heavy atom. The van der Waals surface area contributed by atoms with Gasteiger partial charge < -0.3 is 10.1 Å². The van der Waals surface area contributed by atoms with Crippen LogP contribution in [-0.4, -0.2) is 17.7 Å². The van der Waals surface area contributed by atoms with E-state index in [1.165, 1.54) is 11.8 Å². The fraction of sp³-hybridized carbons (Fsp3) is 0.0526. The second kappa shape index (κ2) is 8.70. The van der Waals surface area contributed by atoms with Gasteiger partial charge in [0.05, 0.1) is 15.1 Å². The highest BCUT2D eigenvalue weighted by Crippen LogP contribution is 2.31. The molecule has 7 heteroatoms. The monoisotopic (exact) mass is 492 g/mol. The molecule has 2 aromatic carbocycles. The van der Waals surface area contributed by atoms with Crippen LogP contribution in [0.3, 0.4) is 0 Å². The second-order valence-electron chi connectivity index (χ2n) is 5.25. The molecule has 132 valence electrons. The van der Waals surface area contributed by atoms with Crippen LogP contribution in [0.1, 0.15) is 5.56 Å². The van der Waals surface area contributed by atoms with Crippen molar-refractivity contribution in [1.29, 1.82) is 0 Å². The highest BCUT2D eigenvalue weighted by molar-refractivity contribution is 9.10. The van der Waals surface area contributed by atoms with Crippen LogP contribution in [0.4, 0.5) is 5.69 Å². The van der Waals surface area contributed by atoms with Crippen molar-refractivity contribution in [2.75, 3.05) is 6.61 Å². The zero-order valence-corrected chi connectivity index (χ0v) is 17.5. The van der Waals surface area contributed by atoms with Crippen molar-refractivity contribution < 1.29 is 9.53 Å². The Morgan fingerprint density at radius 2 is 2.08 bits per heavy atom. The van der Waals surface area contributed by atoms with E-state index in [0.717, 1.165) is 25.9 Å². The molecule has 1 aliphatic heterocycles. The number of halogens is 2. The third-order valence-electron chi connectivity index (χ3n) is 3.30. The van der Waals surface area contributed by atoms with Crippen LogP contribution in [0.2, 0.25) is 0 Å². The van der Waals surface area contributed by atoms with E-state index < -0.39 is 0 Å². The first-order valence-corrected chi connectivity index (χ1v) is 10.0. The molecule has 0 unspecified atom stereocenters. The molecule has 0 aromatic heterocycles. The van der Waals surface area contributed by atoms with Gasteiger partial charge in [0.2, 0.25) is 0 Å². The summed E-state index contributed by atoms with van der Waals surface area (Å²) >= 11 is 8.21. The molecule has 0 radical (unpaired) electrons. The summed E-state index contributed by atoms with van der Waals surface area (Å²) in [6.07, 6.45) is 3.51. The van der Waals surface area contributed by atoms with Gasteiger partial charge in [-0.25, -0.2) is 4.99 Å². The number of nitrogens with zero attached hydrogens (tertiary/aromatic N) is 1. The molecular weight excluding hydrogens is 480 g/mol. The van der Waals surface area contributed by atoms with Gasteiger partial charge in [0.25, 0.3) is 5.91 Å². The van der Waals surface area contributed by atoms with Gasteiger partial charge in [-0.1, -0.05) is 40.7 Å². The number of amides is 1. The van der Waals surface area contributed by atoms with E-state index in [9.17, 15) is 4.79 Å². The number of hydrogen-bond acceptors (Lipinski definition) is 4. The zero-order chi connectivity index (χ0) is 18.5. The molecule has 1 fully saturated rings. The molecule has 0 bridgehead atoms. The lowest BCUT2D eigenvalue weighted by molar-refractivity contribution is -0.115. The number of amidine groups is 1. The van der Waals surface area contributed by atoms with E-state index in [4.69, 9.17) is 4.74 Å². The summed E-state index contributed by atoms with van der Waals surface area (Å²) in [6.45, 7) is 4.07. The Balaban J connectivity index is 1.78. The van der Waals surface area contributed by atoms with E-state index in [1.807, 2.05) is 48.5 Å². The Kier molecular flexibility index (Phi) is 6.34. The first-order chi connectivity index (χ1) is 12.5. The summed E-state index contributed by atoms with van der Waals surface area (Å²) in [5, 5.41) is 3.35. The quantitative estimate of drug-likeness (QED) is 0.431. The Morgan fingerprint density at radius 3 is 2.81 bits per heavy atom. The first-order valence-electron chi connectivity index (χ1n) is 7.63. The number of benzene rings is 2. The molecular formula is C19H14Br2N2O2S. The number of ether oxygens (including phenoxy) is 1. The van der Waals surface area contributed by atoms with Crippen LogP contribution in [0, 0.1) is 0 Å². The summed E-state index contributed by atoms with van der Waals surface area (Å²) in [6, 6.07) is 13.3. The van der Waals surface area contributed by atoms with Gasteiger partial charge in [-0.05, 0) is 69.7 Å². The number of nitrogens with one attached hydrogen (secondary N) is 1. The Bertz CT molecular complexity index is 926. The van der Waals surface area contributed by atoms with Crippen molar-refractivity contribution in [3.05, 3.63) is 74.5 Å². The fourth-order valence-electron chi connectivity index (χ4n) is 2.17. The third-order valence-corrected chi connectivity index (χ3v) is 5.32. The molecule has 3 rings (SSSR count). The highest BCUT2D eigenvalue weighted by atomic mass is 79.9. The minimum absolute atomic E-state index is 0.160. The molecule has 1 saturated heterocycles. The van der Waals surface area contributed by atoms with E-state index in [0.29, 0.717) is 16.7 Å². The van der Waals surface area contributed by atoms with Gasteiger partial charge in [0.15, 0.2) is 5.17 Å². The van der Waals surface area contributed by atoms with Crippen molar-refractivity contribution >= 4 is 66.5 Å². The van der Waals surface area contributed by atoms with Crippen molar-refractivity contribution in [3.63, 3.8) is 0 Å². The number of carbonyl (C=O) groups excluding carboxylic acids is 1. The third kappa shape index (κ3) is 4.87. The maximum atomic E-state index is 12.2. The maximum absolute atomic E-state index is 12.2. The van der Waals surface area contributed by atoms with Crippen molar-refractivity contribution in [3.8, 4) is 5.75 Å². The van der Waals surface area contributed by atoms with Gasteiger partial charge in [-0.2, -0.15) is 0 Å². The number of thioether (sulfide) groups is 1. The topological polar surface area (TPSA) is 50.7 Å². The van der Waals surface area contributed by atoms with Crippen molar-refractivity contribution in [2.24, 2.45) is 4.99 Å². The lowest BCUT2D eigenvalue weighted by Crippen LogP contribution is -2.19. The average Bonchev–Trinajstić information content (AvgIpc) is 2.93. The van der Waals surface area contributed by atoms with E-state index >= 15 is 0 Å². The fourth-order valence-corrected chi connectivity index (χ4v) is 3.91. The minimum Gasteiger partial charge on any atom is -0.488 e. The molecule has 0 spiro atoms. The summed E-state index contributed by atoms with van der Waals surface area (Å²) in [7, 11) is 0. The Labute approximate surface area is 172 Å². The van der Waals surface area contributed by atoms with Gasteiger partial charge >= 0.3 is 0 Å². The van der Waals surface area contributed by atoms with Gasteiger partial charge in [-0.15, -0.1) is 0 Å². The van der Waals surface area contributed by atoms with Crippen LogP contribution in [0.25, 0.3) is 6.08 Å². The largest absolute Gasteiger partial charge is 0.488 e. The summed E-state index contributed by atoms with van der Waals surface area (Å²) in [5.41, 5.74) is 1.67. The summed E-state index contributed by atoms with van der Waals surface area (Å²) in [4.78, 5) is 17.3. The van der Waals surface area contributed by atoms with Gasteiger partial charge in [0.1, 0.15) is 12.4 Å². The standard InChI is InChI=1S/C19H14Br2N2O2S/c1-2-8-25-16-7-6-12(9-15(16)21)10-17-18(24)23-19(26-17)22-14-5-3-4-13(20)11-14/h2-7,9-11H,1,8H2,(H,22,23,24)/b17-10-. The molecule has 4 nitrogen and oxygen atoms in total. The number of hydrogen-bond donors (Lipinski definition) is 1. The first kappa shape index (κ1) is 18.9. The molecule has 1 amide bonds. The van der Waals surface area contributed by atoms with E-state index in [1.54, 1.807) is 6.08 Å². The van der Waals surface area contributed by atoms with Gasteiger partial charge in [-0.3, -0.25) is 4.79 Å². The van der Waals surface area contributed by atoms with Crippen LogP contribution in [-0.2, 0) is 4.79 Å². The van der Waals surface area contributed by atoms with E-state index in [-0.39, 0.29) is 5.91 Å². The van der Waals surface area contributed by atoms with Gasteiger partial charge in [0, 0.05) is 4.47 Å². The summed E-state index contributed by atoms with van der Waals surface area (Å²) < 4.78 is 7.29. The number of aliphatic imine (C=N–C) groups is 1. The lowest BCUT2D eigenvalue weighted by Gasteiger charge is -2.06. The SMILES string of the molecule is C=CCOc1ccc(/C=C2\SC(=Nc3cccc(Br)c3)NC2=O)cc1Br. The minimum atomic E-state index is -0.160. The number of carbonyl (C=O) groups is 1. The second-order valence-corrected chi connectivity index (χ2v) is 8.05. The zero-order valence-electron chi connectivity index (χ0n) is 13.5. The Hall–Kier alpha value is -1.83. The predicted molar refractivity (Wildman–Crippen MR) is 115 cm³/mol. The van der Waals surface area contributed by atoms with Crippen molar-refractivity contribution in [1.82, 2.24) is 5.32 Å². The molecule has 1 heterocycles. The molecule has 0 aliphatic carbocycles.